The average Bonchev–Trinajstić information content (AvgIpc) is 3.48. The number of aryl methyl sites for hydroxylation is 1. The summed E-state index contributed by atoms with van der Waals surface area (Å²) in [6.45, 7) is 2.56. The highest BCUT2D eigenvalue weighted by atomic mass is 32.2. The molecule has 3 fully saturated rings. The Morgan fingerprint density at radius 2 is 1.76 bits per heavy atom. The number of carbonyl (C=O) groups excluding carboxylic acids is 4. The molecular formula is C32H33FN8O8S. The summed E-state index contributed by atoms with van der Waals surface area (Å²) >= 11 is 0. The lowest BCUT2D eigenvalue weighted by Crippen LogP contribution is -2.47. The summed E-state index contributed by atoms with van der Waals surface area (Å²) in [4.78, 5) is 66.0. The lowest BCUT2D eigenvalue weighted by molar-refractivity contribution is -0.135. The SMILES string of the molecule is Cn1c(=O)n(C2CCC(=O)NC2=O)c2ccc(N3CCN(CCC(=O)Nc4ccc5c(F)c(N6CC(=O)NS6(=O)=O)c(O)cc5c4)CC3)cc21. The van der Waals surface area contributed by atoms with Crippen molar-refractivity contribution in [2.45, 2.75) is 25.3 Å². The topological polar surface area (TPSA) is 195 Å². The van der Waals surface area contributed by atoms with Crippen molar-refractivity contribution >= 4 is 72.7 Å². The van der Waals surface area contributed by atoms with Crippen LogP contribution < -0.4 is 30.3 Å². The van der Waals surface area contributed by atoms with Crippen LogP contribution in [-0.4, -0.2) is 90.5 Å². The molecule has 4 heterocycles. The quantitative estimate of drug-likeness (QED) is 0.198. The van der Waals surface area contributed by atoms with Crippen LogP contribution in [0.4, 0.5) is 21.5 Å². The number of nitrogens with zero attached hydrogens (tertiary/aromatic N) is 5. The van der Waals surface area contributed by atoms with Crippen molar-refractivity contribution in [3.05, 3.63) is 58.8 Å². The zero-order valence-electron chi connectivity index (χ0n) is 26.8. The smallest absolute Gasteiger partial charge is 0.329 e. The molecule has 0 saturated carbocycles. The zero-order chi connectivity index (χ0) is 35.5. The van der Waals surface area contributed by atoms with Gasteiger partial charge in [0.15, 0.2) is 5.82 Å². The molecule has 50 heavy (non-hydrogen) atoms. The first-order valence-electron chi connectivity index (χ1n) is 15.9. The van der Waals surface area contributed by atoms with Gasteiger partial charge in [0, 0.05) is 69.4 Å². The van der Waals surface area contributed by atoms with Crippen LogP contribution in [0.1, 0.15) is 25.3 Å². The molecule has 4 aromatic rings. The molecule has 0 radical (unpaired) electrons. The van der Waals surface area contributed by atoms with E-state index in [0.717, 1.165) is 5.69 Å². The fourth-order valence-corrected chi connectivity index (χ4v) is 7.95. The first-order chi connectivity index (χ1) is 23.8. The van der Waals surface area contributed by atoms with Crippen molar-refractivity contribution in [1.82, 2.24) is 24.1 Å². The number of imidazole rings is 1. The Kier molecular flexibility index (Phi) is 8.22. The molecule has 1 aromatic heterocycles. The number of phenolic OH excluding ortho intramolecular Hbond substituents is 1. The van der Waals surface area contributed by atoms with E-state index in [1.54, 1.807) is 11.8 Å². The summed E-state index contributed by atoms with van der Waals surface area (Å²) in [7, 11) is -2.68. The Morgan fingerprint density at radius 3 is 2.46 bits per heavy atom. The van der Waals surface area contributed by atoms with Gasteiger partial charge >= 0.3 is 15.9 Å². The molecule has 3 saturated heterocycles. The molecule has 18 heteroatoms. The summed E-state index contributed by atoms with van der Waals surface area (Å²) in [6, 6.07) is 10.4. The second-order valence-electron chi connectivity index (χ2n) is 12.5. The summed E-state index contributed by atoms with van der Waals surface area (Å²) in [6.07, 6.45) is 0.615. The summed E-state index contributed by atoms with van der Waals surface area (Å²) < 4.78 is 45.0. The zero-order valence-corrected chi connectivity index (χ0v) is 27.6. The van der Waals surface area contributed by atoms with Gasteiger partial charge < -0.3 is 15.3 Å². The Bertz CT molecular complexity index is 2280. The number of hydrogen-bond acceptors (Lipinski definition) is 10. The largest absolute Gasteiger partial charge is 0.506 e. The minimum absolute atomic E-state index is 0.00326. The number of hydrogen-bond donors (Lipinski definition) is 4. The molecule has 3 aliphatic heterocycles. The van der Waals surface area contributed by atoms with Crippen LogP contribution in [0.5, 0.6) is 5.75 Å². The number of anilines is 3. The molecular weight excluding hydrogens is 675 g/mol. The Balaban J connectivity index is 0.958. The summed E-state index contributed by atoms with van der Waals surface area (Å²) in [5, 5.41) is 15.8. The van der Waals surface area contributed by atoms with E-state index in [-0.39, 0.29) is 47.5 Å². The summed E-state index contributed by atoms with van der Waals surface area (Å²) in [5.41, 5.74) is 1.61. The number of benzene rings is 3. The van der Waals surface area contributed by atoms with Crippen molar-refractivity contribution in [2.24, 2.45) is 7.05 Å². The van der Waals surface area contributed by atoms with Crippen molar-refractivity contribution in [3.8, 4) is 5.75 Å². The average molecular weight is 709 g/mol. The maximum atomic E-state index is 15.4. The number of fused-ring (bicyclic) bond motifs is 2. The normalized spacial score (nSPS) is 19.6. The van der Waals surface area contributed by atoms with E-state index in [0.29, 0.717) is 53.7 Å². The van der Waals surface area contributed by atoms with Crippen LogP contribution >= 0.6 is 0 Å². The molecule has 3 aliphatic rings. The number of amides is 4. The predicted octanol–water partition coefficient (Wildman–Crippen LogP) is 0.647. The predicted molar refractivity (Wildman–Crippen MR) is 180 cm³/mol. The highest BCUT2D eigenvalue weighted by Gasteiger charge is 2.38. The van der Waals surface area contributed by atoms with E-state index in [9.17, 15) is 37.5 Å². The molecule has 0 bridgehead atoms. The minimum atomic E-state index is -4.34. The number of rotatable bonds is 7. The number of piperazine rings is 1. The molecule has 4 N–H and O–H groups in total. The number of phenols is 1. The van der Waals surface area contributed by atoms with Crippen molar-refractivity contribution < 1.29 is 37.1 Å². The van der Waals surface area contributed by atoms with Gasteiger partial charge in [-0.05, 0) is 54.3 Å². The Labute approximate surface area is 284 Å². The highest BCUT2D eigenvalue weighted by molar-refractivity contribution is 7.92. The van der Waals surface area contributed by atoms with Gasteiger partial charge in [0.1, 0.15) is 24.0 Å². The van der Waals surface area contributed by atoms with E-state index in [4.69, 9.17) is 0 Å². The van der Waals surface area contributed by atoms with Crippen molar-refractivity contribution in [3.63, 3.8) is 0 Å². The Hall–Kier alpha value is -5.49. The van der Waals surface area contributed by atoms with Gasteiger partial charge in [-0.2, -0.15) is 8.42 Å². The molecule has 3 aromatic carbocycles. The Morgan fingerprint density at radius 1 is 1.00 bits per heavy atom. The number of nitrogens with one attached hydrogen (secondary N) is 3. The fourth-order valence-electron chi connectivity index (χ4n) is 6.79. The molecule has 1 atom stereocenters. The maximum Gasteiger partial charge on any atom is 0.329 e. The van der Waals surface area contributed by atoms with Crippen molar-refractivity contribution in [1.29, 1.82) is 0 Å². The van der Waals surface area contributed by atoms with Gasteiger partial charge in [-0.1, -0.05) is 0 Å². The molecule has 0 spiro atoms. The monoisotopic (exact) mass is 708 g/mol. The molecule has 0 aliphatic carbocycles. The third-order valence-electron chi connectivity index (χ3n) is 9.37. The van der Waals surface area contributed by atoms with E-state index in [2.05, 4.69) is 20.4 Å². The standard InChI is InChI=1S/C32H33FN8O8S/c1-37-24-16-20(3-5-22(24)41(32(37)47)23-6-7-26(43)35-31(23)46)39-12-10-38(11-13-39)9-8-27(44)34-19-2-4-21-18(14-19)15-25(42)30(29(21)33)40-17-28(45)36-50(40,48)49/h2-5,14-16,23,42H,6-13,17H2,1H3,(H,34,44)(H,36,45)(H,35,43,46). The molecule has 262 valence electrons. The highest BCUT2D eigenvalue weighted by Crippen LogP contribution is 2.39. The van der Waals surface area contributed by atoms with Gasteiger partial charge in [-0.25, -0.2) is 18.2 Å². The van der Waals surface area contributed by atoms with Crippen LogP contribution in [0.3, 0.4) is 0 Å². The van der Waals surface area contributed by atoms with Gasteiger partial charge in [0.05, 0.1) is 11.0 Å². The van der Waals surface area contributed by atoms with E-state index in [1.165, 1.54) is 33.4 Å². The summed E-state index contributed by atoms with van der Waals surface area (Å²) in [5.74, 6) is -3.64. The van der Waals surface area contributed by atoms with Crippen LogP contribution in [0.25, 0.3) is 21.8 Å². The number of imide groups is 1. The van der Waals surface area contributed by atoms with E-state index >= 15 is 4.39 Å². The second-order valence-corrected chi connectivity index (χ2v) is 14.1. The van der Waals surface area contributed by atoms with Crippen LogP contribution in [-0.2, 0) is 36.4 Å². The maximum absolute atomic E-state index is 15.4. The third-order valence-corrected chi connectivity index (χ3v) is 10.7. The fraction of sp³-hybridized carbons (Fsp3) is 0.344. The number of piperidine rings is 1. The minimum Gasteiger partial charge on any atom is -0.506 e. The first-order valence-corrected chi connectivity index (χ1v) is 17.3. The molecule has 7 rings (SSSR count). The van der Waals surface area contributed by atoms with Crippen molar-refractivity contribution in [2.75, 3.05) is 53.8 Å². The molecule has 4 amide bonds. The lowest BCUT2D eigenvalue weighted by Gasteiger charge is -2.36. The number of aromatic nitrogens is 2. The second kappa shape index (κ2) is 12.4. The number of carbonyl (C=O) groups is 4. The van der Waals surface area contributed by atoms with Gasteiger partial charge in [-0.3, -0.25) is 38.5 Å². The first kappa shape index (κ1) is 33.0. The lowest BCUT2D eigenvalue weighted by atomic mass is 10.1. The van der Waals surface area contributed by atoms with E-state index < -0.39 is 51.9 Å². The van der Waals surface area contributed by atoms with Crippen LogP contribution in [0, 0.1) is 5.82 Å². The van der Waals surface area contributed by atoms with Crippen LogP contribution in [0.2, 0.25) is 0 Å². The molecule has 16 nitrogen and oxygen atoms in total. The molecule has 1 unspecified atom stereocenters. The number of halogens is 1. The van der Waals surface area contributed by atoms with Gasteiger partial charge in [0.25, 0.3) is 5.91 Å². The van der Waals surface area contributed by atoms with Gasteiger partial charge in [0.2, 0.25) is 17.7 Å². The van der Waals surface area contributed by atoms with Gasteiger partial charge in [-0.15, -0.1) is 0 Å². The third kappa shape index (κ3) is 5.89. The van der Waals surface area contributed by atoms with E-state index in [1.807, 2.05) is 18.2 Å². The van der Waals surface area contributed by atoms with Crippen LogP contribution in [0.15, 0.2) is 47.3 Å². The number of aromatic hydroxyl groups is 1.